The highest BCUT2D eigenvalue weighted by Crippen LogP contribution is 2.32. The Balaban J connectivity index is 1.69. The summed E-state index contributed by atoms with van der Waals surface area (Å²) < 4.78 is 5.35. The number of anilines is 2. The minimum atomic E-state index is -0.295. The fraction of sp³-hybridized carbons (Fsp3) is 0.190. The zero-order valence-electron chi connectivity index (χ0n) is 15.9. The maximum atomic E-state index is 12.5. The molecule has 28 heavy (non-hydrogen) atoms. The van der Waals surface area contributed by atoms with Crippen molar-refractivity contribution in [3.63, 3.8) is 0 Å². The zero-order chi connectivity index (χ0) is 20.1. The third-order valence-corrected chi connectivity index (χ3v) is 4.88. The monoisotopic (exact) mass is 395 g/mol. The fourth-order valence-corrected chi connectivity index (χ4v) is 3.27. The van der Waals surface area contributed by atoms with E-state index in [1.165, 1.54) is 11.3 Å². The molecule has 0 aliphatic rings. The van der Waals surface area contributed by atoms with Crippen molar-refractivity contribution in [2.45, 2.75) is 13.8 Å². The lowest BCUT2D eigenvalue weighted by Gasteiger charge is -2.09. The van der Waals surface area contributed by atoms with Gasteiger partial charge in [0.25, 0.3) is 5.91 Å². The van der Waals surface area contributed by atoms with Gasteiger partial charge >= 0.3 is 0 Å². The zero-order valence-corrected chi connectivity index (χ0v) is 16.7. The summed E-state index contributed by atoms with van der Waals surface area (Å²) in [5.41, 5.74) is 2.49. The summed E-state index contributed by atoms with van der Waals surface area (Å²) >= 11 is 1.38. The van der Waals surface area contributed by atoms with E-state index in [2.05, 4.69) is 15.6 Å². The molecule has 2 amide bonds. The van der Waals surface area contributed by atoms with Gasteiger partial charge in [0.05, 0.1) is 12.7 Å². The van der Waals surface area contributed by atoms with E-state index in [0.29, 0.717) is 27.8 Å². The van der Waals surface area contributed by atoms with Gasteiger partial charge in [0.15, 0.2) is 0 Å². The Bertz CT molecular complexity index is 981. The Hall–Kier alpha value is -3.19. The van der Waals surface area contributed by atoms with E-state index >= 15 is 0 Å². The van der Waals surface area contributed by atoms with Crippen LogP contribution in [0.4, 0.5) is 11.4 Å². The second-order valence-electron chi connectivity index (χ2n) is 6.41. The molecular formula is C21H21N3O3S. The predicted octanol–water partition coefficient (Wildman–Crippen LogP) is 4.67. The Morgan fingerprint density at radius 1 is 1.00 bits per heavy atom. The van der Waals surface area contributed by atoms with Crippen LogP contribution in [0.15, 0.2) is 53.9 Å². The Morgan fingerprint density at radius 2 is 1.64 bits per heavy atom. The Morgan fingerprint density at radius 3 is 2.29 bits per heavy atom. The lowest BCUT2D eigenvalue weighted by atomic mass is 10.2. The first-order valence-corrected chi connectivity index (χ1v) is 9.67. The summed E-state index contributed by atoms with van der Waals surface area (Å²) in [5, 5.41) is 8.06. The third-order valence-electron chi connectivity index (χ3n) is 4.01. The van der Waals surface area contributed by atoms with E-state index in [1.54, 1.807) is 36.8 Å². The minimum absolute atomic E-state index is 0.0527. The summed E-state index contributed by atoms with van der Waals surface area (Å²) in [6, 6.07) is 14.5. The molecule has 6 nitrogen and oxygen atoms in total. The SMILES string of the molecule is COc1ccccc1-c1nc(C(=O)Nc2ccc(NC(=O)C(C)C)cc2)cs1. The summed E-state index contributed by atoms with van der Waals surface area (Å²) in [7, 11) is 1.60. The van der Waals surface area contributed by atoms with E-state index in [1.807, 2.05) is 38.1 Å². The number of carbonyl (C=O) groups excluding carboxylic acids is 2. The van der Waals surface area contributed by atoms with Gasteiger partial charge in [-0.1, -0.05) is 26.0 Å². The Kier molecular flexibility index (Phi) is 6.06. The van der Waals surface area contributed by atoms with Crippen molar-refractivity contribution < 1.29 is 14.3 Å². The van der Waals surface area contributed by atoms with E-state index in [-0.39, 0.29) is 17.7 Å². The second-order valence-corrected chi connectivity index (χ2v) is 7.27. The second kappa shape index (κ2) is 8.67. The molecule has 3 rings (SSSR count). The number of para-hydroxylation sites is 1. The standard InChI is InChI=1S/C21H21N3O3S/c1-13(2)19(25)22-14-8-10-15(11-9-14)23-20(26)17-12-28-21(24-17)16-6-4-5-7-18(16)27-3/h4-13H,1-3H3,(H,22,25)(H,23,26). The van der Waals surface area contributed by atoms with Gasteiger partial charge in [-0.25, -0.2) is 4.98 Å². The number of rotatable bonds is 6. The average Bonchev–Trinajstić information content (AvgIpc) is 3.19. The molecule has 0 aliphatic carbocycles. The number of nitrogens with zero attached hydrogens (tertiary/aromatic N) is 1. The maximum absolute atomic E-state index is 12.5. The van der Waals surface area contributed by atoms with Crippen LogP contribution >= 0.6 is 11.3 Å². The van der Waals surface area contributed by atoms with Crippen molar-refractivity contribution >= 4 is 34.5 Å². The molecular weight excluding hydrogens is 374 g/mol. The van der Waals surface area contributed by atoms with Gasteiger partial charge in [0.2, 0.25) is 5.91 Å². The van der Waals surface area contributed by atoms with Gasteiger partial charge in [-0.3, -0.25) is 9.59 Å². The van der Waals surface area contributed by atoms with Gasteiger partial charge in [-0.05, 0) is 36.4 Å². The fourth-order valence-electron chi connectivity index (χ4n) is 2.44. The van der Waals surface area contributed by atoms with Crippen LogP contribution in [0.1, 0.15) is 24.3 Å². The minimum Gasteiger partial charge on any atom is -0.496 e. The number of carbonyl (C=O) groups is 2. The van der Waals surface area contributed by atoms with E-state index < -0.39 is 0 Å². The summed E-state index contributed by atoms with van der Waals surface area (Å²) in [5.74, 6) is 0.267. The highest BCUT2D eigenvalue weighted by Gasteiger charge is 2.15. The molecule has 2 N–H and O–H groups in total. The molecule has 1 aromatic heterocycles. The highest BCUT2D eigenvalue weighted by molar-refractivity contribution is 7.13. The molecule has 0 atom stereocenters. The predicted molar refractivity (Wildman–Crippen MR) is 112 cm³/mol. The number of thiazole rings is 1. The van der Waals surface area contributed by atoms with Crippen LogP contribution in [0.5, 0.6) is 5.75 Å². The molecule has 0 aliphatic heterocycles. The highest BCUT2D eigenvalue weighted by atomic mass is 32.1. The Labute approximate surface area is 167 Å². The molecule has 144 valence electrons. The van der Waals surface area contributed by atoms with Crippen LogP contribution in [-0.4, -0.2) is 23.9 Å². The number of methoxy groups -OCH3 is 1. The molecule has 0 spiro atoms. The third kappa shape index (κ3) is 4.55. The lowest BCUT2D eigenvalue weighted by Crippen LogP contribution is -2.17. The molecule has 0 unspecified atom stereocenters. The van der Waals surface area contributed by atoms with Crippen molar-refractivity contribution in [2.75, 3.05) is 17.7 Å². The molecule has 0 fully saturated rings. The molecule has 2 aromatic carbocycles. The molecule has 1 heterocycles. The van der Waals surface area contributed by atoms with Gasteiger partial charge in [0, 0.05) is 22.7 Å². The van der Waals surface area contributed by atoms with Crippen molar-refractivity contribution in [1.82, 2.24) is 4.98 Å². The van der Waals surface area contributed by atoms with E-state index in [9.17, 15) is 9.59 Å². The van der Waals surface area contributed by atoms with Crippen molar-refractivity contribution in [2.24, 2.45) is 5.92 Å². The quantitative estimate of drug-likeness (QED) is 0.636. The maximum Gasteiger partial charge on any atom is 0.275 e. The number of nitrogens with one attached hydrogen (secondary N) is 2. The molecule has 0 saturated carbocycles. The van der Waals surface area contributed by atoms with Crippen LogP contribution in [0.2, 0.25) is 0 Å². The average molecular weight is 395 g/mol. The first-order chi connectivity index (χ1) is 13.5. The van der Waals surface area contributed by atoms with Crippen molar-refractivity contribution in [1.29, 1.82) is 0 Å². The largest absolute Gasteiger partial charge is 0.496 e. The summed E-state index contributed by atoms with van der Waals surface area (Å²) in [6.07, 6.45) is 0. The molecule has 0 saturated heterocycles. The van der Waals surface area contributed by atoms with Gasteiger partial charge < -0.3 is 15.4 Å². The first-order valence-electron chi connectivity index (χ1n) is 8.79. The summed E-state index contributed by atoms with van der Waals surface area (Å²) in [4.78, 5) is 28.7. The number of aromatic nitrogens is 1. The van der Waals surface area contributed by atoms with Crippen LogP contribution in [0, 0.1) is 5.92 Å². The number of hydrogen-bond donors (Lipinski definition) is 2. The summed E-state index contributed by atoms with van der Waals surface area (Å²) in [6.45, 7) is 3.66. The van der Waals surface area contributed by atoms with Crippen LogP contribution in [-0.2, 0) is 4.79 Å². The van der Waals surface area contributed by atoms with Gasteiger partial charge in [0.1, 0.15) is 16.5 Å². The van der Waals surface area contributed by atoms with Crippen LogP contribution in [0.25, 0.3) is 10.6 Å². The first kappa shape index (κ1) is 19.6. The van der Waals surface area contributed by atoms with Crippen LogP contribution < -0.4 is 15.4 Å². The lowest BCUT2D eigenvalue weighted by molar-refractivity contribution is -0.118. The smallest absolute Gasteiger partial charge is 0.275 e. The topological polar surface area (TPSA) is 80.3 Å². The number of amides is 2. The normalized spacial score (nSPS) is 10.6. The van der Waals surface area contributed by atoms with E-state index in [0.717, 1.165) is 5.56 Å². The number of ether oxygens (including phenoxy) is 1. The van der Waals surface area contributed by atoms with Crippen molar-refractivity contribution in [3.05, 3.63) is 59.6 Å². The molecule has 3 aromatic rings. The number of benzene rings is 2. The van der Waals surface area contributed by atoms with E-state index in [4.69, 9.17) is 4.74 Å². The van der Waals surface area contributed by atoms with Crippen LogP contribution in [0.3, 0.4) is 0 Å². The van der Waals surface area contributed by atoms with Gasteiger partial charge in [-0.2, -0.15) is 0 Å². The number of hydrogen-bond acceptors (Lipinski definition) is 5. The molecule has 0 radical (unpaired) electrons. The van der Waals surface area contributed by atoms with Crippen molar-refractivity contribution in [3.8, 4) is 16.3 Å². The molecule has 0 bridgehead atoms. The molecule has 7 heteroatoms. The van der Waals surface area contributed by atoms with Gasteiger partial charge in [-0.15, -0.1) is 11.3 Å².